The van der Waals surface area contributed by atoms with Gasteiger partial charge in [0.05, 0.1) is 17.2 Å². The van der Waals surface area contributed by atoms with Crippen LogP contribution in [0.1, 0.15) is 60.9 Å². The van der Waals surface area contributed by atoms with E-state index in [-0.39, 0.29) is 33.9 Å². The Labute approximate surface area is 239 Å². The van der Waals surface area contributed by atoms with Gasteiger partial charge >= 0.3 is 5.97 Å². The molecule has 1 amide bonds. The largest absolute Gasteiger partial charge is 0.505 e. The highest BCUT2D eigenvalue weighted by atomic mass is 35.5. The zero-order valence-electron chi connectivity index (χ0n) is 21.9. The van der Waals surface area contributed by atoms with Gasteiger partial charge in [-0.2, -0.15) is 0 Å². The predicted octanol–water partition coefficient (Wildman–Crippen LogP) is 5.53. The summed E-state index contributed by atoms with van der Waals surface area (Å²) in [6, 6.07) is 9.82. The molecular formula is C30H36Cl2N2O5. The number of unbranched alkanes of at least 4 members (excludes halogenated alkanes) is 1. The Bertz CT molecular complexity index is 1160. The molecule has 6 rings (SSSR count). The molecule has 0 unspecified atom stereocenters. The summed E-state index contributed by atoms with van der Waals surface area (Å²) < 4.78 is 11.8. The molecule has 0 heterocycles. The predicted molar refractivity (Wildman–Crippen MR) is 150 cm³/mol. The average Bonchev–Trinajstić information content (AvgIpc) is 2.92. The van der Waals surface area contributed by atoms with Gasteiger partial charge in [-0.25, -0.2) is 4.79 Å². The summed E-state index contributed by atoms with van der Waals surface area (Å²) >= 11 is 12.7. The number of carbonyl (C=O) groups is 2. The second-order valence-electron chi connectivity index (χ2n) is 11.3. The first-order valence-corrected chi connectivity index (χ1v) is 14.7. The quantitative estimate of drug-likeness (QED) is 0.240. The van der Waals surface area contributed by atoms with Crippen molar-refractivity contribution in [3.05, 3.63) is 57.6 Å². The highest BCUT2D eigenvalue weighted by molar-refractivity contribution is 6.39. The molecule has 9 heteroatoms. The van der Waals surface area contributed by atoms with Crippen molar-refractivity contribution in [2.24, 2.45) is 29.4 Å². The van der Waals surface area contributed by atoms with Gasteiger partial charge in [-0.15, -0.1) is 0 Å². The van der Waals surface area contributed by atoms with Crippen molar-refractivity contribution in [1.29, 1.82) is 0 Å². The SMILES string of the molecule is NCCCCOc1c(Cl)cc(C(=O)N[C@@H](Cc2ccccc2)C(=O)OC2C3CC4CC(C3)CC2C4)c(O)c1Cl. The van der Waals surface area contributed by atoms with Crippen LogP contribution in [0.2, 0.25) is 10.0 Å². The zero-order chi connectivity index (χ0) is 27.5. The number of amides is 1. The molecule has 4 aliphatic rings. The maximum Gasteiger partial charge on any atom is 0.329 e. The number of ether oxygens (including phenoxy) is 2. The molecule has 39 heavy (non-hydrogen) atoms. The van der Waals surface area contributed by atoms with Gasteiger partial charge in [-0.1, -0.05) is 53.5 Å². The van der Waals surface area contributed by atoms with Crippen LogP contribution in [0, 0.1) is 23.7 Å². The van der Waals surface area contributed by atoms with E-state index in [4.69, 9.17) is 38.4 Å². The molecule has 7 nitrogen and oxygen atoms in total. The Morgan fingerprint density at radius 3 is 2.33 bits per heavy atom. The highest BCUT2D eigenvalue weighted by Crippen LogP contribution is 2.54. The molecule has 0 aromatic heterocycles. The number of aromatic hydroxyl groups is 1. The minimum absolute atomic E-state index is 0.0893. The zero-order valence-corrected chi connectivity index (χ0v) is 23.4. The fourth-order valence-electron chi connectivity index (χ4n) is 6.88. The Balaban J connectivity index is 1.32. The third-order valence-corrected chi connectivity index (χ3v) is 9.14. The van der Waals surface area contributed by atoms with E-state index in [1.54, 1.807) is 0 Å². The van der Waals surface area contributed by atoms with Gasteiger partial charge in [0.25, 0.3) is 5.91 Å². The number of nitrogens with one attached hydrogen (secondary N) is 1. The van der Waals surface area contributed by atoms with Crippen LogP contribution in [0.4, 0.5) is 0 Å². The van der Waals surface area contributed by atoms with Crippen LogP contribution >= 0.6 is 23.2 Å². The highest BCUT2D eigenvalue weighted by Gasteiger charge is 2.50. The van der Waals surface area contributed by atoms with E-state index in [0.29, 0.717) is 31.4 Å². The van der Waals surface area contributed by atoms with Crippen LogP contribution in [-0.2, 0) is 16.0 Å². The molecule has 4 N–H and O–H groups in total. The molecule has 1 atom stereocenters. The van der Waals surface area contributed by atoms with Gasteiger partial charge in [0.15, 0.2) is 11.5 Å². The lowest BCUT2D eigenvalue weighted by Gasteiger charge is -2.53. The van der Waals surface area contributed by atoms with Crippen molar-refractivity contribution in [2.45, 2.75) is 63.5 Å². The van der Waals surface area contributed by atoms with E-state index in [2.05, 4.69) is 5.32 Å². The van der Waals surface area contributed by atoms with Crippen molar-refractivity contribution in [1.82, 2.24) is 5.32 Å². The summed E-state index contributed by atoms with van der Waals surface area (Å²) in [6.45, 7) is 0.849. The van der Waals surface area contributed by atoms with E-state index in [9.17, 15) is 14.7 Å². The number of carbonyl (C=O) groups excluding carboxylic acids is 2. The van der Waals surface area contributed by atoms with Gasteiger partial charge in [0, 0.05) is 6.42 Å². The molecule has 2 aromatic rings. The number of nitrogens with two attached hydrogens (primary N) is 1. The molecule has 4 bridgehead atoms. The number of benzene rings is 2. The molecule has 0 spiro atoms. The smallest absolute Gasteiger partial charge is 0.329 e. The first-order valence-electron chi connectivity index (χ1n) is 13.9. The molecule has 4 aliphatic carbocycles. The fraction of sp³-hybridized carbons (Fsp3) is 0.533. The summed E-state index contributed by atoms with van der Waals surface area (Å²) in [5, 5.41) is 13.5. The normalized spacial score (nSPS) is 25.8. The third kappa shape index (κ3) is 6.31. The van der Waals surface area contributed by atoms with Gasteiger partial charge in [0.2, 0.25) is 0 Å². The summed E-state index contributed by atoms with van der Waals surface area (Å²) in [6.07, 6.45) is 7.39. The summed E-state index contributed by atoms with van der Waals surface area (Å²) in [7, 11) is 0. The van der Waals surface area contributed by atoms with Gasteiger partial charge in [-0.3, -0.25) is 4.79 Å². The molecule has 0 radical (unpaired) electrons. The maximum atomic E-state index is 13.6. The van der Waals surface area contributed by atoms with E-state index in [1.165, 1.54) is 12.5 Å². The van der Waals surface area contributed by atoms with Crippen LogP contribution in [0.15, 0.2) is 36.4 Å². The second kappa shape index (κ2) is 12.4. The Morgan fingerprint density at radius 1 is 1.03 bits per heavy atom. The lowest BCUT2D eigenvalue weighted by atomic mass is 9.55. The number of phenols is 1. The minimum atomic E-state index is -0.943. The average molecular weight is 576 g/mol. The first-order chi connectivity index (χ1) is 18.8. The lowest BCUT2D eigenvalue weighted by molar-refractivity contribution is -0.172. The molecule has 0 aliphatic heterocycles. The Hall–Kier alpha value is -2.48. The van der Waals surface area contributed by atoms with Gasteiger partial charge in [0.1, 0.15) is 17.2 Å². The van der Waals surface area contributed by atoms with Crippen molar-refractivity contribution in [3.8, 4) is 11.5 Å². The fourth-order valence-corrected chi connectivity index (χ4v) is 7.44. The summed E-state index contributed by atoms with van der Waals surface area (Å²) in [5.74, 6) is 0.830. The first kappa shape index (κ1) is 28.1. The number of halogens is 2. The van der Waals surface area contributed by atoms with Crippen molar-refractivity contribution in [3.63, 3.8) is 0 Å². The summed E-state index contributed by atoms with van der Waals surface area (Å²) in [5.41, 5.74) is 6.25. The number of esters is 1. The Morgan fingerprint density at radius 2 is 1.69 bits per heavy atom. The van der Waals surface area contributed by atoms with Gasteiger partial charge in [-0.05, 0) is 86.8 Å². The number of phenolic OH excluding ortho intramolecular Hbond substituents is 1. The second-order valence-corrected chi connectivity index (χ2v) is 12.1. The van der Waals surface area contributed by atoms with E-state index in [1.807, 2.05) is 30.3 Å². The monoisotopic (exact) mass is 574 g/mol. The molecule has 4 saturated carbocycles. The topological polar surface area (TPSA) is 111 Å². The number of hydrogen-bond donors (Lipinski definition) is 3. The molecule has 0 saturated heterocycles. The number of hydrogen-bond acceptors (Lipinski definition) is 6. The number of rotatable bonds is 11. The van der Waals surface area contributed by atoms with E-state index in [0.717, 1.165) is 49.5 Å². The molecular weight excluding hydrogens is 539 g/mol. The van der Waals surface area contributed by atoms with E-state index >= 15 is 0 Å². The maximum absolute atomic E-state index is 13.6. The molecule has 2 aromatic carbocycles. The standard InChI is InChI=1S/C30H36Cl2N2O5/c31-23-16-22(26(35)25(32)28(23)38-9-5-4-8-33)29(36)34-24(15-17-6-2-1-3-7-17)30(37)39-27-20-11-18-10-19(13-20)14-21(27)12-18/h1-3,6-7,16,18-21,24,27,35H,4-5,8-15,33H2,(H,34,36)/t18?,19?,20?,21?,24-,27?/m0/s1. The minimum Gasteiger partial charge on any atom is -0.505 e. The van der Waals surface area contributed by atoms with E-state index < -0.39 is 23.7 Å². The third-order valence-electron chi connectivity index (χ3n) is 8.50. The lowest BCUT2D eigenvalue weighted by Crippen LogP contribution is -2.52. The Kier molecular flexibility index (Phi) is 8.89. The molecule has 4 fully saturated rings. The van der Waals surface area contributed by atoms with Crippen molar-refractivity contribution in [2.75, 3.05) is 13.2 Å². The van der Waals surface area contributed by atoms with Gasteiger partial charge < -0.3 is 25.6 Å². The van der Waals surface area contributed by atoms with Crippen LogP contribution in [0.3, 0.4) is 0 Å². The molecule has 210 valence electrons. The summed E-state index contributed by atoms with van der Waals surface area (Å²) in [4.78, 5) is 26.9. The van der Waals surface area contributed by atoms with Crippen molar-refractivity contribution >= 4 is 35.1 Å². The van der Waals surface area contributed by atoms with Crippen LogP contribution in [0.25, 0.3) is 0 Å². The van der Waals surface area contributed by atoms with Crippen LogP contribution < -0.4 is 15.8 Å². The van der Waals surface area contributed by atoms with Crippen LogP contribution in [-0.4, -0.2) is 42.3 Å². The van der Waals surface area contributed by atoms with Crippen LogP contribution in [0.5, 0.6) is 11.5 Å². The van der Waals surface area contributed by atoms with Crippen molar-refractivity contribution < 1.29 is 24.2 Å².